The maximum Gasteiger partial charge on any atom is 0.160 e. The molecule has 2 rings (SSSR count). The molecular formula is C14H20N2O3S2. The van der Waals surface area contributed by atoms with Crippen molar-refractivity contribution < 1.29 is 12.9 Å². The average Bonchev–Trinajstić information content (AvgIpc) is 2.90. The lowest BCUT2D eigenvalue weighted by atomic mass is 9.98. The van der Waals surface area contributed by atoms with E-state index in [9.17, 15) is 8.42 Å². The third-order valence-electron chi connectivity index (χ3n) is 3.11. The van der Waals surface area contributed by atoms with Gasteiger partial charge in [0.2, 0.25) is 0 Å². The summed E-state index contributed by atoms with van der Waals surface area (Å²) in [7, 11) is -3.29. The standard InChI is InChI=1S/C14H20N2O3S2/c1-9-12(10(2)19-16-9)8-21(17,18)7-11-6-20-13(15-11)14(3,4)5/h6H,7-8H2,1-5H3. The second-order valence-electron chi connectivity index (χ2n) is 6.23. The van der Waals surface area contributed by atoms with Crippen molar-refractivity contribution in [2.75, 3.05) is 0 Å². The quantitative estimate of drug-likeness (QED) is 0.862. The van der Waals surface area contributed by atoms with Crippen molar-refractivity contribution in [1.82, 2.24) is 10.1 Å². The van der Waals surface area contributed by atoms with Crippen LogP contribution in [0.2, 0.25) is 0 Å². The van der Waals surface area contributed by atoms with Gasteiger partial charge in [0.1, 0.15) is 5.76 Å². The first-order chi connectivity index (χ1) is 9.58. The number of thiazole rings is 1. The van der Waals surface area contributed by atoms with E-state index in [1.54, 1.807) is 13.8 Å². The van der Waals surface area contributed by atoms with Crippen LogP contribution < -0.4 is 0 Å². The molecule has 21 heavy (non-hydrogen) atoms. The molecule has 2 aromatic heterocycles. The molecule has 0 aliphatic rings. The summed E-state index contributed by atoms with van der Waals surface area (Å²) in [5.41, 5.74) is 1.83. The SMILES string of the molecule is Cc1noc(C)c1CS(=O)(=O)Cc1csc(C(C)(C)C)n1. The summed E-state index contributed by atoms with van der Waals surface area (Å²) < 4.78 is 29.7. The molecule has 0 aliphatic heterocycles. The molecule has 0 fully saturated rings. The van der Waals surface area contributed by atoms with Gasteiger partial charge in [0, 0.05) is 16.4 Å². The van der Waals surface area contributed by atoms with Gasteiger partial charge in [0.25, 0.3) is 0 Å². The Labute approximate surface area is 129 Å². The lowest BCUT2D eigenvalue weighted by molar-refractivity contribution is 0.392. The van der Waals surface area contributed by atoms with Gasteiger partial charge < -0.3 is 4.52 Å². The fourth-order valence-electron chi connectivity index (χ4n) is 1.92. The van der Waals surface area contributed by atoms with Gasteiger partial charge in [-0.15, -0.1) is 11.3 Å². The zero-order valence-electron chi connectivity index (χ0n) is 12.9. The zero-order chi connectivity index (χ0) is 15.8. The number of aromatic nitrogens is 2. The minimum atomic E-state index is -3.29. The summed E-state index contributed by atoms with van der Waals surface area (Å²) in [5.74, 6) is 0.449. The summed E-state index contributed by atoms with van der Waals surface area (Å²) in [5, 5.41) is 6.56. The minimum Gasteiger partial charge on any atom is -0.361 e. The number of hydrogen-bond donors (Lipinski definition) is 0. The molecule has 0 radical (unpaired) electrons. The Hall–Kier alpha value is -1.21. The van der Waals surface area contributed by atoms with E-state index >= 15 is 0 Å². The lowest BCUT2D eigenvalue weighted by Crippen LogP contribution is -2.12. The molecule has 2 aromatic rings. The van der Waals surface area contributed by atoms with Gasteiger partial charge in [-0.1, -0.05) is 25.9 Å². The van der Waals surface area contributed by atoms with Crippen molar-refractivity contribution in [3.8, 4) is 0 Å². The van der Waals surface area contributed by atoms with Crippen molar-refractivity contribution >= 4 is 21.2 Å². The highest BCUT2D eigenvalue weighted by molar-refractivity contribution is 7.89. The number of aryl methyl sites for hydroxylation is 2. The van der Waals surface area contributed by atoms with E-state index in [0.717, 1.165) is 5.01 Å². The number of sulfone groups is 1. The smallest absolute Gasteiger partial charge is 0.160 e. The first kappa shape index (κ1) is 16.2. The molecule has 0 spiro atoms. The van der Waals surface area contributed by atoms with Crippen LogP contribution in [0, 0.1) is 13.8 Å². The van der Waals surface area contributed by atoms with Crippen molar-refractivity contribution in [3.63, 3.8) is 0 Å². The maximum absolute atomic E-state index is 12.3. The molecule has 7 heteroatoms. The number of rotatable bonds is 4. The van der Waals surface area contributed by atoms with Crippen LogP contribution in [0.25, 0.3) is 0 Å². The fraction of sp³-hybridized carbons (Fsp3) is 0.571. The van der Waals surface area contributed by atoms with Gasteiger partial charge in [-0.2, -0.15) is 0 Å². The van der Waals surface area contributed by atoms with Crippen LogP contribution in [-0.2, 0) is 26.8 Å². The van der Waals surface area contributed by atoms with Gasteiger partial charge in [0.15, 0.2) is 9.84 Å². The van der Waals surface area contributed by atoms with Gasteiger partial charge in [-0.05, 0) is 13.8 Å². The van der Waals surface area contributed by atoms with Crippen LogP contribution in [0.15, 0.2) is 9.90 Å². The molecule has 116 valence electrons. The Morgan fingerprint density at radius 2 is 1.90 bits per heavy atom. The van der Waals surface area contributed by atoms with Crippen LogP contribution in [0.3, 0.4) is 0 Å². The fourth-order valence-corrected chi connectivity index (χ4v) is 4.49. The van der Waals surface area contributed by atoms with E-state index in [1.807, 2.05) is 5.38 Å². The molecule has 0 bridgehead atoms. The second-order valence-corrected chi connectivity index (χ2v) is 9.15. The maximum atomic E-state index is 12.3. The molecule has 0 atom stereocenters. The molecule has 0 saturated carbocycles. The van der Waals surface area contributed by atoms with Crippen LogP contribution >= 0.6 is 11.3 Å². The topological polar surface area (TPSA) is 73.1 Å². The van der Waals surface area contributed by atoms with E-state index in [2.05, 4.69) is 30.9 Å². The van der Waals surface area contributed by atoms with Gasteiger partial charge in [-0.25, -0.2) is 13.4 Å². The van der Waals surface area contributed by atoms with Crippen LogP contribution in [0.1, 0.15) is 48.5 Å². The zero-order valence-corrected chi connectivity index (χ0v) is 14.6. The molecule has 0 N–H and O–H groups in total. The molecule has 0 saturated heterocycles. The Balaban J connectivity index is 2.17. The normalized spacial score (nSPS) is 12.8. The van der Waals surface area contributed by atoms with Crippen LogP contribution in [-0.4, -0.2) is 18.6 Å². The van der Waals surface area contributed by atoms with Crippen molar-refractivity contribution in [2.45, 2.75) is 51.5 Å². The summed E-state index contributed by atoms with van der Waals surface area (Å²) in [6.45, 7) is 9.67. The molecule has 2 heterocycles. The first-order valence-corrected chi connectivity index (χ1v) is 9.35. The van der Waals surface area contributed by atoms with Crippen molar-refractivity contribution in [2.24, 2.45) is 0 Å². The van der Waals surface area contributed by atoms with E-state index in [0.29, 0.717) is 22.7 Å². The molecule has 0 aromatic carbocycles. The number of nitrogens with zero attached hydrogens (tertiary/aromatic N) is 2. The summed E-state index contributed by atoms with van der Waals surface area (Å²) in [6.07, 6.45) is 0. The Morgan fingerprint density at radius 3 is 2.38 bits per heavy atom. The third kappa shape index (κ3) is 3.91. The van der Waals surface area contributed by atoms with Crippen LogP contribution in [0.4, 0.5) is 0 Å². The molecule has 0 amide bonds. The Kier molecular flexibility index (Phi) is 4.26. The molecule has 0 aliphatic carbocycles. The monoisotopic (exact) mass is 328 g/mol. The third-order valence-corrected chi connectivity index (χ3v) is 5.89. The van der Waals surface area contributed by atoms with E-state index in [1.165, 1.54) is 11.3 Å². The van der Waals surface area contributed by atoms with Crippen molar-refractivity contribution in [3.05, 3.63) is 33.1 Å². The van der Waals surface area contributed by atoms with Gasteiger partial charge >= 0.3 is 0 Å². The lowest BCUT2D eigenvalue weighted by Gasteiger charge is -2.13. The van der Waals surface area contributed by atoms with Crippen molar-refractivity contribution in [1.29, 1.82) is 0 Å². The first-order valence-electron chi connectivity index (χ1n) is 6.65. The number of hydrogen-bond acceptors (Lipinski definition) is 6. The van der Waals surface area contributed by atoms with Crippen LogP contribution in [0.5, 0.6) is 0 Å². The van der Waals surface area contributed by atoms with Gasteiger partial charge in [-0.3, -0.25) is 0 Å². The highest BCUT2D eigenvalue weighted by atomic mass is 32.2. The van der Waals surface area contributed by atoms with E-state index < -0.39 is 9.84 Å². The van der Waals surface area contributed by atoms with Gasteiger partial charge in [0.05, 0.1) is 27.9 Å². The predicted octanol–water partition coefficient (Wildman–Crippen LogP) is 3.16. The molecule has 0 unspecified atom stereocenters. The largest absolute Gasteiger partial charge is 0.361 e. The van der Waals surface area contributed by atoms with E-state index in [-0.39, 0.29) is 16.9 Å². The average molecular weight is 328 g/mol. The highest BCUT2D eigenvalue weighted by Gasteiger charge is 2.23. The Morgan fingerprint density at radius 1 is 1.24 bits per heavy atom. The Bertz CT molecular complexity index is 717. The predicted molar refractivity (Wildman–Crippen MR) is 83.1 cm³/mol. The highest BCUT2D eigenvalue weighted by Crippen LogP contribution is 2.27. The molecular weight excluding hydrogens is 308 g/mol. The second kappa shape index (κ2) is 5.53. The summed E-state index contributed by atoms with van der Waals surface area (Å²) in [4.78, 5) is 4.44. The summed E-state index contributed by atoms with van der Waals surface area (Å²) >= 11 is 1.51. The summed E-state index contributed by atoms with van der Waals surface area (Å²) in [6, 6.07) is 0. The molecule has 5 nitrogen and oxygen atoms in total. The minimum absolute atomic E-state index is 0.0519. The van der Waals surface area contributed by atoms with E-state index in [4.69, 9.17) is 4.52 Å².